The minimum Gasteiger partial charge on any atom is -0.768 e. The van der Waals surface area contributed by atoms with E-state index in [1.54, 1.807) is 18.2 Å². The van der Waals surface area contributed by atoms with Gasteiger partial charge in [0.25, 0.3) is 0 Å². The molecule has 0 radical (unpaired) electrons. The van der Waals surface area contributed by atoms with Crippen LogP contribution in [0.2, 0.25) is 0 Å². The van der Waals surface area contributed by atoms with Crippen molar-refractivity contribution >= 4 is 11.1 Å². The van der Waals surface area contributed by atoms with E-state index >= 15 is 0 Å². The van der Waals surface area contributed by atoms with Crippen molar-refractivity contribution in [2.24, 2.45) is 0 Å². The number of benzene rings is 1. The van der Waals surface area contributed by atoms with Gasteiger partial charge in [-0.25, -0.2) is 0 Å². The summed E-state index contributed by atoms with van der Waals surface area (Å²) < 4.78 is 21.2. The molecule has 0 fully saturated rings. The van der Waals surface area contributed by atoms with Crippen LogP contribution in [0.4, 0.5) is 0 Å². The molecule has 0 aliphatic rings. The lowest BCUT2D eigenvalue weighted by Gasteiger charge is -2.09. The fourth-order valence-corrected chi connectivity index (χ4v) is 1.57. The van der Waals surface area contributed by atoms with Crippen molar-refractivity contribution in [1.82, 2.24) is 0 Å². The second-order valence-corrected chi connectivity index (χ2v) is 3.23. The first kappa shape index (κ1) is 9.38. The Morgan fingerprint density at radius 1 is 1.42 bits per heavy atom. The van der Waals surface area contributed by atoms with E-state index in [1.807, 2.05) is 0 Å². The number of hydrogen-bond acceptors (Lipinski definition) is 3. The zero-order chi connectivity index (χ0) is 8.97. The molecule has 0 aromatic heterocycles. The molecule has 1 unspecified atom stereocenters. The smallest absolute Gasteiger partial charge is 0.0471 e. The Morgan fingerprint density at radius 3 is 2.67 bits per heavy atom. The van der Waals surface area contributed by atoms with E-state index in [1.165, 1.54) is 6.07 Å². The summed E-state index contributed by atoms with van der Waals surface area (Å²) in [5.41, 5.74) is 0.660. The predicted molar refractivity (Wildman–Crippen MR) is 44.4 cm³/mol. The predicted octanol–water partition coefficient (Wildman–Crippen LogP) is 0.459. The maximum atomic E-state index is 10.6. The van der Waals surface area contributed by atoms with Crippen LogP contribution in [0.15, 0.2) is 29.2 Å². The fourth-order valence-electron chi connectivity index (χ4n) is 0.993. The lowest BCUT2D eigenvalue weighted by atomic mass is 10.2. The van der Waals surface area contributed by atoms with Crippen LogP contribution in [0.5, 0.6) is 0 Å². The van der Waals surface area contributed by atoms with Crippen molar-refractivity contribution in [1.29, 1.82) is 0 Å². The van der Waals surface area contributed by atoms with Gasteiger partial charge in [0.15, 0.2) is 0 Å². The molecule has 4 heteroatoms. The average molecular weight is 185 g/mol. The van der Waals surface area contributed by atoms with E-state index in [-0.39, 0.29) is 11.5 Å². The Balaban J connectivity index is 3.00. The van der Waals surface area contributed by atoms with Crippen LogP contribution in [-0.4, -0.2) is 20.5 Å². The topological polar surface area (TPSA) is 60.4 Å². The standard InChI is InChI=1S/C8H10O3S/c9-6-5-7-3-1-2-4-8(7)12(10)11/h1-4,9H,5-6H2,(H,10,11)/p-1. The molecule has 1 N–H and O–H groups in total. The molecule has 0 heterocycles. The van der Waals surface area contributed by atoms with Crippen LogP contribution in [0, 0.1) is 0 Å². The van der Waals surface area contributed by atoms with Gasteiger partial charge < -0.3 is 9.66 Å². The Hall–Kier alpha value is -0.710. The largest absolute Gasteiger partial charge is 0.768 e. The van der Waals surface area contributed by atoms with Gasteiger partial charge in [0.1, 0.15) is 0 Å². The third-order valence-corrected chi connectivity index (χ3v) is 2.29. The molecular formula is C8H9O3S-. The summed E-state index contributed by atoms with van der Waals surface area (Å²) in [6, 6.07) is 6.63. The van der Waals surface area contributed by atoms with Crippen molar-refractivity contribution in [3.63, 3.8) is 0 Å². The summed E-state index contributed by atoms with van der Waals surface area (Å²) in [5.74, 6) is 0. The monoisotopic (exact) mass is 185 g/mol. The first-order chi connectivity index (χ1) is 5.75. The molecule has 12 heavy (non-hydrogen) atoms. The molecule has 1 rings (SSSR count). The van der Waals surface area contributed by atoms with E-state index in [9.17, 15) is 8.76 Å². The Kier molecular flexibility index (Phi) is 3.40. The highest BCUT2D eigenvalue weighted by molar-refractivity contribution is 7.79. The maximum Gasteiger partial charge on any atom is 0.0471 e. The van der Waals surface area contributed by atoms with Gasteiger partial charge >= 0.3 is 0 Å². The first-order valence-corrected chi connectivity index (χ1v) is 4.61. The first-order valence-electron chi connectivity index (χ1n) is 3.53. The molecule has 0 amide bonds. The molecule has 0 saturated heterocycles. The molecule has 1 atom stereocenters. The molecule has 0 bridgehead atoms. The third-order valence-electron chi connectivity index (χ3n) is 1.53. The summed E-state index contributed by atoms with van der Waals surface area (Å²) in [7, 11) is 0. The molecule has 3 nitrogen and oxygen atoms in total. The van der Waals surface area contributed by atoms with Gasteiger partial charge in [0.2, 0.25) is 0 Å². The number of rotatable bonds is 3. The minimum atomic E-state index is -2.20. The van der Waals surface area contributed by atoms with Crippen molar-refractivity contribution in [2.75, 3.05) is 6.61 Å². The van der Waals surface area contributed by atoms with Crippen molar-refractivity contribution in [2.45, 2.75) is 11.3 Å². The second-order valence-electron chi connectivity index (χ2n) is 2.32. The maximum absolute atomic E-state index is 10.6. The number of aliphatic hydroxyl groups excluding tert-OH is 1. The number of aliphatic hydroxyl groups is 1. The fraction of sp³-hybridized carbons (Fsp3) is 0.250. The summed E-state index contributed by atoms with van der Waals surface area (Å²) in [5, 5.41) is 8.62. The molecule has 1 aromatic rings. The molecule has 0 spiro atoms. The lowest BCUT2D eigenvalue weighted by Crippen LogP contribution is -1.98. The van der Waals surface area contributed by atoms with Gasteiger partial charge in [-0.3, -0.25) is 4.21 Å². The average Bonchev–Trinajstić information content (AvgIpc) is 2.05. The van der Waals surface area contributed by atoms with E-state index in [2.05, 4.69) is 0 Å². The Morgan fingerprint density at radius 2 is 2.08 bits per heavy atom. The molecule has 66 valence electrons. The van der Waals surface area contributed by atoms with Crippen molar-refractivity contribution < 1.29 is 13.9 Å². The van der Waals surface area contributed by atoms with Crippen LogP contribution in [0.3, 0.4) is 0 Å². The van der Waals surface area contributed by atoms with Gasteiger partial charge in [-0.1, -0.05) is 18.2 Å². The van der Waals surface area contributed by atoms with Gasteiger partial charge in [0, 0.05) is 11.5 Å². The van der Waals surface area contributed by atoms with Crippen LogP contribution < -0.4 is 0 Å². The lowest BCUT2D eigenvalue weighted by molar-refractivity contribution is 0.298. The summed E-state index contributed by atoms with van der Waals surface area (Å²) in [6.07, 6.45) is 0.379. The van der Waals surface area contributed by atoms with Crippen LogP contribution in [0.1, 0.15) is 5.56 Å². The molecule has 1 aromatic carbocycles. The summed E-state index contributed by atoms with van der Waals surface area (Å²) in [6.45, 7) is -0.0335. The van der Waals surface area contributed by atoms with E-state index < -0.39 is 11.1 Å². The number of hydrogen-bond donors (Lipinski definition) is 1. The van der Waals surface area contributed by atoms with Crippen molar-refractivity contribution in [3.05, 3.63) is 29.8 Å². The third kappa shape index (κ3) is 2.14. The quantitative estimate of drug-likeness (QED) is 0.696. The highest BCUT2D eigenvalue weighted by Crippen LogP contribution is 2.12. The summed E-state index contributed by atoms with van der Waals surface area (Å²) >= 11 is -2.20. The highest BCUT2D eigenvalue weighted by atomic mass is 32.2. The van der Waals surface area contributed by atoms with Gasteiger partial charge in [-0.15, -0.1) is 0 Å². The zero-order valence-corrected chi connectivity index (χ0v) is 7.21. The second kappa shape index (κ2) is 4.35. The molecule has 0 aliphatic heterocycles. The van der Waals surface area contributed by atoms with Crippen LogP contribution >= 0.6 is 0 Å². The Labute approximate surface area is 73.3 Å². The van der Waals surface area contributed by atoms with Gasteiger partial charge in [-0.2, -0.15) is 0 Å². The zero-order valence-electron chi connectivity index (χ0n) is 6.40. The molecular weight excluding hydrogens is 176 g/mol. The SMILES string of the molecule is O=S([O-])c1ccccc1CCO. The minimum absolute atomic E-state index is 0.0335. The summed E-state index contributed by atoms with van der Waals surface area (Å²) in [4.78, 5) is 0.270. The molecule has 0 saturated carbocycles. The van der Waals surface area contributed by atoms with Gasteiger partial charge in [0.05, 0.1) is 0 Å². The van der Waals surface area contributed by atoms with Crippen LogP contribution in [-0.2, 0) is 17.5 Å². The van der Waals surface area contributed by atoms with E-state index in [0.29, 0.717) is 12.0 Å². The van der Waals surface area contributed by atoms with Crippen LogP contribution in [0.25, 0.3) is 0 Å². The molecule has 0 aliphatic carbocycles. The van der Waals surface area contributed by atoms with E-state index in [0.717, 1.165) is 0 Å². The normalized spacial score (nSPS) is 12.8. The van der Waals surface area contributed by atoms with Gasteiger partial charge in [-0.05, 0) is 29.1 Å². The Bertz CT molecular complexity index is 285. The highest BCUT2D eigenvalue weighted by Gasteiger charge is 1.99. The van der Waals surface area contributed by atoms with E-state index in [4.69, 9.17) is 5.11 Å². The van der Waals surface area contributed by atoms with Crippen molar-refractivity contribution in [3.8, 4) is 0 Å².